The molecule has 14 heavy (non-hydrogen) atoms. The number of aromatic nitrogens is 2. The molecule has 0 aliphatic heterocycles. The lowest BCUT2D eigenvalue weighted by Gasteiger charge is -2.37. The Morgan fingerprint density at radius 3 is 2.86 bits per heavy atom. The van der Waals surface area contributed by atoms with Crippen molar-refractivity contribution in [2.75, 3.05) is 0 Å². The van der Waals surface area contributed by atoms with E-state index in [1.54, 1.807) is 17.0 Å². The predicted molar refractivity (Wildman–Crippen MR) is 52.9 cm³/mol. The zero-order chi connectivity index (χ0) is 10.2. The Kier molecular flexibility index (Phi) is 2.15. The topological polar surface area (TPSA) is 60.9 Å². The van der Waals surface area contributed by atoms with Gasteiger partial charge in [0.25, 0.3) is 0 Å². The number of nitrogens with zero attached hydrogens (tertiary/aromatic N) is 2. The highest BCUT2D eigenvalue weighted by Crippen LogP contribution is 2.32. The first-order valence-corrected chi connectivity index (χ1v) is 4.90. The minimum absolute atomic E-state index is 0.0553. The molecule has 4 heteroatoms. The molecule has 0 unspecified atom stereocenters. The number of carbonyl (C=O) groups excluding carboxylic acids is 1. The number of aryl methyl sites for hydroxylation is 1. The fourth-order valence-corrected chi connectivity index (χ4v) is 1.84. The molecule has 0 amide bonds. The molecule has 0 aromatic carbocycles. The van der Waals surface area contributed by atoms with Gasteiger partial charge in [-0.2, -0.15) is 0 Å². The van der Waals surface area contributed by atoms with Crippen LogP contribution in [0.2, 0.25) is 0 Å². The van der Waals surface area contributed by atoms with Gasteiger partial charge < -0.3 is 10.3 Å². The molecule has 1 aliphatic carbocycles. The van der Waals surface area contributed by atoms with Crippen LogP contribution in [0, 0.1) is 0 Å². The monoisotopic (exact) mass is 193 g/mol. The number of imidazole rings is 1. The number of nitrogens with two attached hydrogens (primary N) is 1. The third kappa shape index (κ3) is 1.57. The van der Waals surface area contributed by atoms with Gasteiger partial charge in [-0.25, -0.2) is 4.98 Å². The number of hydrogen-bond donors (Lipinski definition) is 1. The van der Waals surface area contributed by atoms with E-state index < -0.39 is 0 Å². The zero-order valence-electron chi connectivity index (χ0n) is 8.36. The molecule has 2 rings (SSSR count). The van der Waals surface area contributed by atoms with Crippen molar-refractivity contribution in [1.29, 1.82) is 0 Å². The molecule has 76 valence electrons. The molecule has 1 heterocycles. The summed E-state index contributed by atoms with van der Waals surface area (Å²) < 4.78 is 1.74. The highest BCUT2D eigenvalue weighted by Gasteiger charge is 2.35. The largest absolute Gasteiger partial charge is 0.332 e. The number of ketones is 1. The van der Waals surface area contributed by atoms with E-state index in [0.29, 0.717) is 12.2 Å². The van der Waals surface area contributed by atoms with Crippen molar-refractivity contribution >= 4 is 5.78 Å². The molecule has 0 spiro atoms. The maximum absolute atomic E-state index is 11.8. The summed E-state index contributed by atoms with van der Waals surface area (Å²) in [5.41, 5.74) is 5.76. The summed E-state index contributed by atoms with van der Waals surface area (Å²) in [7, 11) is 1.82. The lowest BCUT2D eigenvalue weighted by Crippen LogP contribution is -2.48. The van der Waals surface area contributed by atoms with Crippen LogP contribution in [0.25, 0.3) is 0 Å². The van der Waals surface area contributed by atoms with Crippen LogP contribution in [0.5, 0.6) is 0 Å². The molecule has 0 radical (unpaired) electrons. The Balaban J connectivity index is 2.06. The van der Waals surface area contributed by atoms with Gasteiger partial charge in [0.2, 0.25) is 0 Å². The standard InChI is InChI=1S/C10H15N3O/c1-13-6-5-12-9(13)8(14)7-10(11)3-2-4-10/h5-6H,2-4,7,11H2,1H3. The number of hydrogen-bond acceptors (Lipinski definition) is 3. The molecular formula is C10H15N3O. The molecular weight excluding hydrogens is 178 g/mol. The van der Waals surface area contributed by atoms with Crippen molar-refractivity contribution in [1.82, 2.24) is 9.55 Å². The Bertz CT molecular complexity index is 352. The normalized spacial score (nSPS) is 19.0. The zero-order valence-corrected chi connectivity index (χ0v) is 8.36. The molecule has 0 saturated heterocycles. The van der Waals surface area contributed by atoms with Gasteiger partial charge in [0.1, 0.15) is 0 Å². The predicted octanol–water partition coefficient (Wildman–Crippen LogP) is 0.874. The molecule has 1 aromatic rings. The Labute approximate surface area is 83.1 Å². The Hall–Kier alpha value is -1.16. The fraction of sp³-hybridized carbons (Fsp3) is 0.600. The highest BCUT2D eigenvalue weighted by atomic mass is 16.1. The summed E-state index contributed by atoms with van der Waals surface area (Å²) >= 11 is 0. The average Bonchev–Trinajstić information content (AvgIpc) is 2.48. The average molecular weight is 193 g/mol. The van der Waals surface area contributed by atoms with Crippen LogP contribution in [-0.2, 0) is 7.05 Å². The van der Waals surface area contributed by atoms with Crippen molar-refractivity contribution < 1.29 is 4.79 Å². The molecule has 2 N–H and O–H groups in total. The SMILES string of the molecule is Cn1ccnc1C(=O)CC1(N)CCC1. The van der Waals surface area contributed by atoms with Crippen LogP contribution in [0.1, 0.15) is 36.3 Å². The molecule has 1 aliphatic rings. The first kappa shape index (κ1) is 9.40. The molecule has 0 bridgehead atoms. The first-order chi connectivity index (χ1) is 6.61. The van der Waals surface area contributed by atoms with Gasteiger partial charge >= 0.3 is 0 Å². The van der Waals surface area contributed by atoms with E-state index in [0.717, 1.165) is 19.3 Å². The van der Waals surface area contributed by atoms with E-state index >= 15 is 0 Å². The number of carbonyl (C=O) groups is 1. The third-order valence-corrected chi connectivity index (χ3v) is 2.93. The van der Waals surface area contributed by atoms with Crippen LogP contribution in [0.4, 0.5) is 0 Å². The van der Waals surface area contributed by atoms with Gasteiger partial charge in [0.15, 0.2) is 11.6 Å². The lowest BCUT2D eigenvalue weighted by atomic mass is 9.74. The lowest BCUT2D eigenvalue weighted by molar-refractivity contribution is 0.0899. The third-order valence-electron chi connectivity index (χ3n) is 2.93. The van der Waals surface area contributed by atoms with Gasteiger partial charge in [-0.3, -0.25) is 4.79 Å². The number of Topliss-reactive ketones (excluding diaryl/α,β-unsaturated/α-hetero) is 1. The summed E-state index contributed by atoms with van der Waals surface area (Å²) in [6.45, 7) is 0. The second kappa shape index (κ2) is 3.20. The summed E-state index contributed by atoms with van der Waals surface area (Å²) in [6.07, 6.45) is 6.91. The van der Waals surface area contributed by atoms with Crippen molar-refractivity contribution in [2.24, 2.45) is 12.8 Å². The molecule has 4 nitrogen and oxygen atoms in total. The minimum atomic E-state index is -0.247. The Morgan fingerprint density at radius 2 is 2.43 bits per heavy atom. The molecule has 1 saturated carbocycles. The van der Waals surface area contributed by atoms with Gasteiger partial charge in [0, 0.05) is 31.4 Å². The van der Waals surface area contributed by atoms with Crippen molar-refractivity contribution in [2.45, 2.75) is 31.2 Å². The second-order valence-electron chi connectivity index (χ2n) is 4.18. The van der Waals surface area contributed by atoms with E-state index in [2.05, 4.69) is 4.98 Å². The first-order valence-electron chi connectivity index (χ1n) is 4.90. The quantitative estimate of drug-likeness (QED) is 0.725. The smallest absolute Gasteiger partial charge is 0.200 e. The summed E-state index contributed by atoms with van der Waals surface area (Å²) in [4.78, 5) is 15.8. The van der Waals surface area contributed by atoms with Crippen LogP contribution in [0.15, 0.2) is 12.4 Å². The van der Waals surface area contributed by atoms with Crippen molar-refractivity contribution in [3.05, 3.63) is 18.2 Å². The van der Waals surface area contributed by atoms with Crippen LogP contribution >= 0.6 is 0 Å². The number of rotatable bonds is 3. The van der Waals surface area contributed by atoms with Crippen molar-refractivity contribution in [3.8, 4) is 0 Å². The van der Waals surface area contributed by atoms with Crippen LogP contribution < -0.4 is 5.73 Å². The minimum Gasteiger partial charge on any atom is -0.332 e. The van der Waals surface area contributed by atoms with Crippen molar-refractivity contribution in [3.63, 3.8) is 0 Å². The maximum atomic E-state index is 11.8. The summed E-state index contributed by atoms with van der Waals surface area (Å²) in [6, 6.07) is 0. The van der Waals surface area contributed by atoms with Gasteiger partial charge in [-0.1, -0.05) is 0 Å². The van der Waals surface area contributed by atoms with Crippen LogP contribution in [0.3, 0.4) is 0 Å². The van der Waals surface area contributed by atoms with E-state index in [4.69, 9.17) is 5.73 Å². The van der Waals surface area contributed by atoms with E-state index in [-0.39, 0.29) is 11.3 Å². The second-order valence-corrected chi connectivity index (χ2v) is 4.18. The summed E-state index contributed by atoms with van der Waals surface area (Å²) in [5.74, 6) is 0.571. The maximum Gasteiger partial charge on any atom is 0.200 e. The fourth-order valence-electron chi connectivity index (χ4n) is 1.84. The van der Waals surface area contributed by atoms with Gasteiger partial charge in [0.05, 0.1) is 0 Å². The summed E-state index contributed by atoms with van der Waals surface area (Å²) in [5, 5.41) is 0. The van der Waals surface area contributed by atoms with Gasteiger partial charge in [-0.15, -0.1) is 0 Å². The van der Waals surface area contributed by atoms with E-state index in [1.165, 1.54) is 0 Å². The van der Waals surface area contributed by atoms with E-state index in [9.17, 15) is 4.79 Å². The molecule has 1 fully saturated rings. The van der Waals surface area contributed by atoms with Crippen LogP contribution in [-0.4, -0.2) is 20.9 Å². The van der Waals surface area contributed by atoms with Gasteiger partial charge in [-0.05, 0) is 19.3 Å². The van der Waals surface area contributed by atoms with E-state index in [1.807, 2.05) is 7.05 Å². The Morgan fingerprint density at radius 1 is 1.71 bits per heavy atom. The highest BCUT2D eigenvalue weighted by molar-refractivity contribution is 5.93. The molecule has 0 atom stereocenters. The molecule has 1 aromatic heterocycles.